The van der Waals surface area contributed by atoms with Gasteiger partial charge in [-0.15, -0.1) is 0 Å². The summed E-state index contributed by atoms with van der Waals surface area (Å²) in [5.41, 5.74) is 0. The van der Waals surface area contributed by atoms with E-state index in [1.54, 1.807) is 7.11 Å². The Kier molecular flexibility index (Phi) is 7.39. The van der Waals surface area contributed by atoms with E-state index in [0.29, 0.717) is 19.7 Å². The molecular formula is C8H20N2O2. The van der Waals surface area contributed by atoms with Gasteiger partial charge in [0.05, 0.1) is 12.7 Å². The summed E-state index contributed by atoms with van der Waals surface area (Å²) in [4.78, 5) is 1.96. The summed E-state index contributed by atoms with van der Waals surface area (Å²) in [5.74, 6) is 0. The maximum Gasteiger partial charge on any atom is 0.0791 e. The van der Waals surface area contributed by atoms with E-state index in [0.717, 1.165) is 6.54 Å². The third-order valence-corrected chi connectivity index (χ3v) is 1.44. The first-order chi connectivity index (χ1) is 5.66. The summed E-state index contributed by atoms with van der Waals surface area (Å²) in [6, 6.07) is 0. The van der Waals surface area contributed by atoms with E-state index in [1.165, 1.54) is 0 Å². The van der Waals surface area contributed by atoms with Gasteiger partial charge in [-0.3, -0.25) is 0 Å². The van der Waals surface area contributed by atoms with Crippen molar-refractivity contribution in [2.75, 3.05) is 47.4 Å². The summed E-state index contributed by atoms with van der Waals surface area (Å²) >= 11 is 0. The van der Waals surface area contributed by atoms with Crippen molar-refractivity contribution in [2.24, 2.45) is 0 Å². The normalized spacial score (nSPS) is 13.8. The molecule has 0 bridgehead atoms. The van der Waals surface area contributed by atoms with E-state index < -0.39 is 0 Å². The topological polar surface area (TPSA) is 44.7 Å². The average molecular weight is 176 g/mol. The fraction of sp³-hybridized carbons (Fsp3) is 1.00. The Labute approximate surface area is 74.5 Å². The molecule has 0 aromatic heterocycles. The third kappa shape index (κ3) is 7.94. The Morgan fingerprint density at radius 2 is 2.17 bits per heavy atom. The number of aliphatic hydroxyl groups excluding tert-OH is 1. The van der Waals surface area contributed by atoms with Crippen LogP contribution in [0, 0.1) is 0 Å². The first-order valence-electron chi connectivity index (χ1n) is 4.19. The van der Waals surface area contributed by atoms with Crippen molar-refractivity contribution in [1.82, 2.24) is 10.2 Å². The maximum atomic E-state index is 9.37. The van der Waals surface area contributed by atoms with E-state index in [4.69, 9.17) is 4.74 Å². The fourth-order valence-electron chi connectivity index (χ4n) is 0.929. The van der Waals surface area contributed by atoms with E-state index >= 15 is 0 Å². The molecule has 4 heteroatoms. The molecule has 4 nitrogen and oxygen atoms in total. The van der Waals surface area contributed by atoms with Crippen molar-refractivity contribution in [3.63, 3.8) is 0 Å². The quantitative estimate of drug-likeness (QED) is 0.496. The zero-order valence-corrected chi connectivity index (χ0v) is 8.21. The molecule has 0 aromatic carbocycles. The highest BCUT2D eigenvalue weighted by atomic mass is 16.5. The maximum absolute atomic E-state index is 9.37. The SMILES string of the molecule is COCCNCC(O)CN(C)C. The van der Waals surface area contributed by atoms with Crippen LogP contribution < -0.4 is 5.32 Å². The molecule has 0 heterocycles. The minimum Gasteiger partial charge on any atom is -0.390 e. The van der Waals surface area contributed by atoms with E-state index in [9.17, 15) is 5.11 Å². The highest BCUT2D eigenvalue weighted by molar-refractivity contribution is 4.61. The van der Waals surface area contributed by atoms with Gasteiger partial charge < -0.3 is 20.1 Å². The van der Waals surface area contributed by atoms with Gasteiger partial charge in [0.15, 0.2) is 0 Å². The number of ether oxygens (including phenoxy) is 1. The van der Waals surface area contributed by atoms with Crippen LogP contribution in [0.1, 0.15) is 0 Å². The average Bonchev–Trinajstić information content (AvgIpc) is 1.97. The van der Waals surface area contributed by atoms with Gasteiger partial charge in [-0.05, 0) is 14.1 Å². The largest absolute Gasteiger partial charge is 0.390 e. The van der Waals surface area contributed by atoms with Gasteiger partial charge in [-0.2, -0.15) is 0 Å². The van der Waals surface area contributed by atoms with Crippen LogP contribution in [0.3, 0.4) is 0 Å². The molecule has 0 aliphatic rings. The van der Waals surface area contributed by atoms with Gasteiger partial charge in [-0.1, -0.05) is 0 Å². The van der Waals surface area contributed by atoms with Gasteiger partial charge in [0.1, 0.15) is 0 Å². The molecule has 0 spiro atoms. The number of hydrogen-bond donors (Lipinski definition) is 2. The van der Waals surface area contributed by atoms with Crippen LogP contribution in [-0.2, 0) is 4.74 Å². The number of aliphatic hydroxyl groups is 1. The van der Waals surface area contributed by atoms with Gasteiger partial charge in [0.25, 0.3) is 0 Å². The lowest BCUT2D eigenvalue weighted by Gasteiger charge is -2.16. The van der Waals surface area contributed by atoms with Gasteiger partial charge >= 0.3 is 0 Å². The summed E-state index contributed by atoms with van der Waals surface area (Å²) in [6.45, 7) is 2.80. The minimum atomic E-state index is -0.295. The molecule has 2 N–H and O–H groups in total. The molecule has 0 amide bonds. The molecule has 0 aromatic rings. The summed E-state index contributed by atoms with van der Waals surface area (Å²) in [7, 11) is 5.55. The Morgan fingerprint density at radius 1 is 1.50 bits per heavy atom. The molecule has 74 valence electrons. The van der Waals surface area contributed by atoms with Crippen LogP contribution in [0.2, 0.25) is 0 Å². The zero-order chi connectivity index (χ0) is 9.40. The molecule has 1 unspecified atom stereocenters. The van der Waals surface area contributed by atoms with Gasteiger partial charge in [0, 0.05) is 26.7 Å². The van der Waals surface area contributed by atoms with Gasteiger partial charge in [-0.25, -0.2) is 0 Å². The fourth-order valence-corrected chi connectivity index (χ4v) is 0.929. The lowest BCUT2D eigenvalue weighted by atomic mass is 10.3. The second-order valence-electron chi connectivity index (χ2n) is 3.11. The van der Waals surface area contributed by atoms with Crippen LogP contribution in [0.25, 0.3) is 0 Å². The van der Waals surface area contributed by atoms with Gasteiger partial charge in [0.2, 0.25) is 0 Å². The van der Waals surface area contributed by atoms with Crippen LogP contribution in [0.4, 0.5) is 0 Å². The van der Waals surface area contributed by atoms with Crippen LogP contribution in [-0.4, -0.2) is 63.6 Å². The standard InChI is InChI=1S/C8H20N2O2/c1-10(2)7-8(11)6-9-4-5-12-3/h8-9,11H,4-7H2,1-3H3. The third-order valence-electron chi connectivity index (χ3n) is 1.44. The molecular weight excluding hydrogens is 156 g/mol. The smallest absolute Gasteiger partial charge is 0.0791 e. The molecule has 0 aliphatic heterocycles. The Bertz CT molecular complexity index is 99.1. The molecule has 0 fully saturated rings. The lowest BCUT2D eigenvalue weighted by Crippen LogP contribution is -2.36. The molecule has 1 atom stereocenters. The highest BCUT2D eigenvalue weighted by Crippen LogP contribution is 1.83. The monoisotopic (exact) mass is 176 g/mol. The summed E-state index contributed by atoms with van der Waals surface area (Å²) < 4.78 is 4.85. The van der Waals surface area contributed by atoms with Crippen molar-refractivity contribution < 1.29 is 9.84 Å². The first kappa shape index (κ1) is 11.8. The van der Waals surface area contributed by atoms with Crippen LogP contribution in [0.15, 0.2) is 0 Å². The number of methoxy groups -OCH3 is 1. The number of nitrogens with one attached hydrogen (secondary N) is 1. The van der Waals surface area contributed by atoms with Crippen LogP contribution in [0.5, 0.6) is 0 Å². The van der Waals surface area contributed by atoms with Crippen molar-refractivity contribution >= 4 is 0 Å². The lowest BCUT2D eigenvalue weighted by molar-refractivity contribution is 0.130. The summed E-state index contributed by atoms with van der Waals surface area (Å²) in [5, 5.41) is 12.5. The summed E-state index contributed by atoms with van der Waals surface area (Å²) in [6.07, 6.45) is -0.295. The van der Waals surface area contributed by atoms with Crippen molar-refractivity contribution in [2.45, 2.75) is 6.10 Å². The predicted octanol–water partition coefficient (Wildman–Crippen LogP) is -0.855. The predicted molar refractivity (Wildman–Crippen MR) is 49.3 cm³/mol. The molecule has 0 radical (unpaired) electrons. The number of hydrogen-bond acceptors (Lipinski definition) is 4. The first-order valence-corrected chi connectivity index (χ1v) is 4.19. The van der Waals surface area contributed by atoms with Crippen LogP contribution >= 0.6 is 0 Å². The number of likely N-dealkylation sites (N-methyl/N-ethyl adjacent to an activating group) is 1. The van der Waals surface area contributed by atoms with Crippen molar-refractivity contribution in [1.29, 1.82) is 0 Å². The van der Waals surface area contributed by atoms with E-state index in [1.807, 2.05) is 19.0 Å². The molecule has 0 saturated carbocycles. The Morgan fingerprint density at radius 3 is 2.67 bits per heavy atom. The molecule has 0 saturated heterocycles. The minimum absolute atomic E-state index is 0.295. The Hall–Kier alpha value is -0.160. The number of nitrogens with zero attached hydrogens (tertiary/aromatic N) is 1. The highest BCUT2D eigenvalue weighted by Gasteiger charge is 2.03. The van der Waals surface area contributed by atoms with E-state index in [2.05, 4.69) is 5.32 Å². The second-order valence-corrected chi connectivity index (χ2v) is 3.11. The molecule has 12 heavy (non-hydrogen) atoms. The molecule has 0 aliphatic carbocycles. The van der Waals surface area contributed by atoms with Crippen molar-refractivity contribution in [3.05, 3.63) is 0 Å². The zero-order valence-electron chi connectivity index (χ0n) is 8.21. The number of rotatable bonds is 7. The van der Waals surface area contributed by atoms with Crippen molar-refractivity contribution in [3.8, 4) is 0 Å². The van der Waals surface area contributed by atoms with E-state index in [-0.39, 0.29) is 6.10 Å². The second kappa shape index (κ2) is 7.49. The molecule has 0 rings (SSSR count). The Balaban J connectivity index is 3.14.